The Morgan fingerprint density at radius 3 is 2.63 bits per heavy atom. The van der Waals surface area contributed by atoms with E-state index >= 15 is 0 Å². The molecular weight excluding hydrogens is 440 g/mol. The van der Waals surface area contributed by atoms with Gasteiger partial charge in [-0.15, -0.1) is 0 Å². The number of aromatic nitrogens is 2. The van der Waals surface area contributed by atoms with Crippen molar-refractivity contribution in [3.8, 4) is 0 Å². The summed E-state index contributed by atoms with van der Waals surface area (Å²) in [5.41, 5.74) is 3.64. The normalized spacial score (nSPS) is 16.2. The number of benzene rings is 2. The SMILES string of the molecule is CC(Cc1ccc(C=O)cc1)Nc1nccc(N2CCC(=O)N3CC=C(c4ccccc4)N=C32)n1. The molecule has 2 aliphatic heterocycles. The Bertz CT molecular complexity index is 1290. The fourth-order valence-corrected chi connectivity index (χ4v) is 4.27. The lowest BCUT2D eigenvalue weighted by Gasteiger charge is -2.38. The molecule has 8 heteroatoms. The van der Waals surface area contributed by atoms with E-state index in [1.54, 1.807) is 11.1 Å². The summed E-state index contributed by atoms with van der Waals surface area (Å²) in [6.07, 6.45) is 5.70. The quantitative estimate of drug-likeness (QED) is 0.533. The maximum atomic E-state index is 12.6. The van der Waals surface area contributed by atoms with Crippen LogP contribution in [0.15, 0.2) is 77.9 Å². The number of nitrogens with zero attached hydrogens (tertiary/aromatic N) is 5. The Morgan fingerprint density at radius 2 is 1.86 bits per heavy atom. The lowest BCUT2D eigenvalue weighted by atomic mass is 10.1. The highest BCUT2D eigenvalue weighted by molar-refractivity contribution is 6.10. The van der Waals surface area contributed by atoms with Crippen LogP contribution < -0.4 is 10.2 Å². The zero-order valence-electron chi connectivity index (χ0n) is 19.5. The van der Waals surface area contributed by atoms with Crippen LogP contribution in [0.1, 0.15) is 34.8 Å². The lowest BCUT2D eigenvalue weighted by molar-refractivity contribution is -0.127. The van der Waals surface area contributed by atoms with E-state index < -0.39 is 0 Å². The van der Waals surface area contributed by atoms with Crippen LogP contribution in [-0.2, 0) is 11.2 Å². The molecule has 1 atom stereocenters. The first-order valence-electron chi connectivity index (χ1n) is 11.7. The van der Waals surface area contributed by atoms with Gasteiger partial charge in [0.25, 0.3) is 0 Å². The number of aldehydes is 1. The third-order valence-corrected chi connectivity index (χ3v) is 6.04. The minimum absolute atomic E-state index is 0.0602. The topological polar surface area (TPSA) is 90.8 Å². The molecule has 0 aliphatic carbocycles. The minimum atomic E-state index is 0.0602. The van der Waals surface area contributed by atoms with Gasteiger partial charge in [-0.25, -0.2) is 9.98 Å². The number of nitrogens with one attached hydrogen (secondary N) is 1. The van der Waals surface area contributed by atoms with Gasteiger partial charge in [0, 0.05) is 37.3 Å². The van der Waals surface area contributed by atoms with Gasteiger partial charge in [0.05, 0.1) is 5.70 Å². The number of amides is 1. The zero-order valence-corrected chi connectivity index (χ0v) is 19.5. The van der Waals surface area contributed by atoms with E-state index in [9.17, 15) is 9.59 Å². The summed E-state index contributed by atoms with van der Waals surface area (Å²) in [5, 5.41) is 3.36. The van der Waals surface area contributed by atoms with Crippen LogP contribution in [0.3, 0.4) is 0 Å². The number of hydrogen-bond donors (Lipinski definition) is 1. The molecule has 1 amide bonds. The second kappa shape index (κ2) is 9.89. The molecule has 3 aromatic rings. The zero-order chi connectivity index (χ0) is 24.2. The summed E-state index contributed by atoms with van der Waals surface area (Å²) < 4.78 is 0. The monoisotopic (exact) mass is 466 g/mol. The summed E-state index contributed by atoms with van der Waals surface area (Å²) in [4.78, 5) is 41.1. The van der Waals surface area contributed by atoms with E-state index in [2.05, 4.69) is 17.2 Å². The molecule has 3 heterocycles. The predicted octanol–water partition coefficient (Wildman–Crippen LogP) is 3.78. The average Bonchev–Trinajstić information content (AvgIpc) is 2.90. The molecule has 0 radical (unpaired) electrons. The number of fused-ring (bicyclic) bond motifs is 1. The van der Waals surface area contributed by atoms with Crippen molar-refractivity contribution in [2.45, 2.75) is 25.8 Å². The highest BCUT2D eigenvalue weighted by atomic mass is 16.2. The van der Waals surface area contributed by atoms with E-state index in [1.807, 2.05) is 71.6 Å². The van der Waals surface area contributed by atoms with Crippen LogP contribution >= 0.6 is 0 Å². The number of carbonyl (C=O) groups is 2. The Morgan fingerprint density at radius 1 is 1.06 bits per heavy atom. The Hall–Kier alpha value is -4.33. The third kappa shape index (κ3) is 4.96. The highest BCUT2D eigenvalue weighted by Gasteiger charge is 2.33. The van der Waals surface area contributed by atoms with Gasteiger partial charge in [-0.2, -0.15) is 4.98 Å². The van der Waals surface area contributed by atoms with Crippen molar-refractivity contribution < 1.29 is 9.59 Å². The molecule has 5 rings (SSSR count). The van der Waals surface area contributed by atoms with E-state index in [0.717, 1.165) is 29.5 Å². The smallest absolute Gasteiger partial charge is 0.231 e. The number of aliphatic imine (C=N–C) groups is 1. The summed E-state index contributed by atoms with van der Waals surface area (Å²) in [6.45, 7) is 3.05. The van der Waals surface area contributed by atoms with Gasteiger partial charge in [-0.1, -0.05) is 54.6 Å². The first kappa shape index (κ1) is 22.5. The number of guanidine groups is 1. The van der Waals surface area contributed by atoms with Crippen molar-refractivity contribution in [1.29, 1.82) is 0 Å². The number of carbonyl (C=O) groups excluding carboxylic acids is 2. The van der Waals surface area contributed by atoms with Gasteiger partial charge in [0.1, 0.15) is 12.1 Å². The molecule has 1 fully saturated rings. The molecule has 0 spiro atoms. The Kier molecular flexibility index (Phi) is 6.34. The van der Waals surface area contributed by atoms with Crippen LogP contribution in [0.4, 0.5) is 11.8 Å². The van der Waals surface area contributed by atoms with Gasteiger partial charge in [-0.3, -0.25) is 19.4 Å². The van der Waals surface area contributed by atoms with E-state index in [0.29, 0.717) is 42.8 Å². The van der Waals surface area contributed by atoms with Crippen LogP contribution in [0.25, 0.3) is 5.70 Å². The van der Waals surface area contributed by atoms with Crippen LogP contribution in [0.2, 0.25) is 0 Å². The third-order valence-electron chi connectivity index (χ3n) is 6.04. The molecule has 1 saturated heterocycles. The fraction of sp³-hybridized carbons (Fsp3) is 0.222. The van der Waals surface area contributed by atoms with Crippen molar-refractivity contribution >= 4 is 35.6 Å². The van der Waals surface area contributed by atoms with Crippen LogP contribution in [0, 0.1) is 0 Å². The summed E-state index contributed by atoms with van der Waals surface area (Å²) >= 11 is 0. The molecule has 0 bridgehead atoms. The largest absolute Gasteiger partial charge is 0.351 e. The van der Waals surface area contributed by atoms with Gasteiger partial charge < -0.3 is 5.32 Å². The minimum Gasteiger partial charge on any atom is -0.351 e. The van der Waals surface area contributed by atoms with Gasteiger partial charge in [0.15, 0.2) is 0 Å². The van der Waals surface area contributed by atoms with Gasteiger partial charge in [-0.05, 0) is 36.6 Å². The Balaban J connectivity index is 1.35. The van der Waals surface area contributed by atoms with Crippen molar-refractivity contribution in [2.24, 2.45) is 4.99 Å². The molecule has 2 aliphatic rings. The van der Waals surface area contributed by atoms with Crippen LogP contribution in [-0.4, -0.2) is 52.2 Å². The molecule has 0 saturated carbocycles. The summed E-state index contributed by atoms with van der Waals surface area (Å²) in [7, 11) is 0. The molecule has 1 unspecified atom stereocenters. The first-order chi connectivity index (χ1) is 17.1. The molecule has 35 heavy (non-hydrogen) atoms. The van der Waals surface area contributed by atoms with Gasteiger partial charge >= 0.3 is 0 Å². The molecule has 8 nitrogen and oxygen atoms in total. The molecule has 1 aromatic heterocycles. The van der Waals surface area contributed by atoms with Crippen molar-refractivity contribution in [1.82, 2.24) is 14.9 Å². The summed E-state index contributed by atoms with van der Waals surface area (Å²) in [5.74, 6) is 1.86. The fourth-order valence-electron chi connectivity index (χ4n) is 4.27. The average molecular weight is 467 g/mol. The predicted molar refractivity (Wildman–Crippen MR) is 136 cm³/mol. The van der Waals surface area contributed by atoms with Crippen molar-refractivity contribution in [2.75, 3.05) is 23.3 Å². The molecule has 2 aromatic carbocycles. The maximum absolute atomic E-state index is 12.6. The Labute approximate surface area is 204 Å². The number of hydrogen-bond acceptors (Lipinski definition) is 7. The highest BCUT2D eigenvalue weighted by Crippen LogP contribution is 2.26. The molecule has 176 valence electrons. The molecule has 1 N–H and O–H groups in total. The van der Waals surface area contributed by atoms with Crippen molar-refractivity contribution in [3.05, 3.63) is 89.6 Å². The number of anilines is 2. The second-order valence-corrected chi connectivity index (χ2v) is 8.62. The van der Waals surface area contributed by atoms with Crippen molar-refractivity contribution in [3.63, 3.8) is 0 Å². The number of rotatable bonds is 7. The standard InChI is InChI=1S/C27H26N6O2/c1-19(17-20-7-9-21(18-34)10-8-20)29-26-28-14-11-24(31-26)32-16-13-25(35)33-15-12-23(30-27(32)33)22-5-3-2-4-6-22/h2-12,14,18-19H,13,15-17H2,1H3,(H,28,29,31). The van der Waals surface area contributed by atoms with E-state index in [1.165, 1.54) is 0 Å². The molecular formula is C27H26N6O2. The summed E-state index contributed by atoms with van der Waals surface area (Å²) in [6, 6.07) is 19.4. The maximum Gasteiger partial charge on any atom is 0.231 e. The first-order valence-corrected chi connectivity index (χ1v) is 11.7. The second-order valence-electron chi connectivity index (χ2n) is 8.62. The van der Waals surface area contributed by atoms with E-state index in [-0.39, 0.29) is 11.9 Å². The lowest BCUT2D eigenvalue weighted by Crippen LogP contribution is -2.54. The van der Waals surface area contributed by atoms with Crippen LogP contribution in [0.5, 0.6) is 0 Å². The van der Waals surface area contributed by atoms with E-state index in [4.69, 9.17) is 9.98 Å². The van der Waals surface area contributed by atoms with Gasteiger partial charge in [0.2, 0.25) is 17.8 Å².